The molecule has 0 spiro atoms. The topological polar surface area (TPSA) is 18.5 Å². The van der Waals surface area contributed by atoms with Crippen LogP contribution in [0, 0.1) is 22.7 Å². The first-order valence-corrected chi connectivity index (χ1v) is 7.20. The van der Waals surface area contributed by atoms with Gasteiger partial charge in [0.25, 0.3) is 0 Å². The van der Waals surface area contributed by atoms with E-state index in [9.17, 15) is 0 Å². The van der Waals surface area contributed by atoms with E-state index in [1.807, 2.05) is 0 Å². The molecule has 3 atom stereocenters. The molecule has 0 amide bonds. The van der Waals surface area contributed by atoms with Crippen molar-refractivity contribution in [2.75, 3.05) is 13.2 Å². The lowest BCUT2D eigenvalue weighted by Crippen LogP contribution is -2.40. The van der Waals surface area contributed by atoms with Gasteiger partial charge in [-0.2, -0.15) is 0 Å². The molecule has 2 saturated carbocycles. The van der Waals surface area contributed by atoms with E-state index in [-0.39, 0.29) is 6.29 Å². The van der Waals surface area contributed by atoms with Crippen LogP contribution < -0.4 is 0 Å². The van der Waals surface area contributed by atoms with E-state index in [1.54, 1.807) is 0 Å². The molecule has 0 aliphatic heterocycles. The average molecular weight is 240 g/mol. The van der Waals surface area contributed by atoms with Gasteiger partial charge in [-0.05, 0) is 49.9 Å². The molecule has 2 rings (SSSR count). The van der Waals surface area contributed by atoms with Crippen LogP contribution >= 0.6 is 0 Å². The number of fused-ring (bicyclic) bond motifs is 2. The fourth-order valence-corrected chi connectivity index (χ4v) is 4.29. The lowest BCUT2D eigenvalue weighted by atomic mass is 9.66. The van der Waals surface area contributed by atoms with Crippen LogP contribution in [0.4, 0.5) is 0 Å². The lowest BCUT2D eigenvalue weighted by Gasteiger charge is -2.42. The van der Waals surface area contributed by atoms with Gasteiger partial charge in [0.1, 0.15) is 0 Å². The van der Waals surface area contributed by atoms with E-state index in [0.29, 0.717) is 16.7 Å². The molecule has 2 heteroatoms. The third kappa shape index (κ3) is 1.84. The summed E-state index contributed by atoms with van der Waals surface area (Å²) in [7, 11) is 0. The number of hydrogen-bond acceptors (Lipinski definition) is 2. The Morgan fingerprint density at radius 3 is 2.06 bits per heavy atom. The van der Waals surface area contributed by atoms with Gasteiger partial charge in [-0.3, -0.25) is 0 Å². The molecule has 0 aromatic heterocycles. The van der Waals surface area contributed by atoms with Crippen LogP contribution in [0.1, 0.15) is 53.9 Å². The van der Waals surface area contributed by atoms with Gasteiger partial charge in [0, 0.05) is 19.1 Å². The second-order valence-electron chi connectivity index (χ2n) is 6.50. The zero-order valence-corrected chi connectivity index (χ0v) is 12.1. The molecule has 17 heavy (non-hydrogen) atoms. The summed E-state index contributed by atoms with van der Waals surface area (Å²) in [5.74, 6) is 1.44. The highest BCUT2D eigenvalue weighted by atomic mass is 16.7. The van der Waals surface area contributed by atoms with Crippen molar-refractivity contribution in [3.63, 3.8) is 0 Å². The van der Waals surface area contributed by atoms with E-state index in [1.165, 1.54) is 19.3 Å². The summed E-state index contributed by atoms with van der Waals surface area (Å²) in [6, 6.07) is 0. The number of ether oxygens (including phenoxy) is 2. The quantitative estimate of drug-likeness (QED) is 0.680. The van der Waals surface area contributed by atoms with Crippen molar-refractivity contribution in [2.24, 2.45) is 22.7 Å². The summed E-state index contributed by atoms with van der Waals surface area (Å²) >= 11 is 0. The summed E-state index contributed by atoms with van der Waals surface area (Å²) in [5, 5.41) is 0. The van der Waals surface area contributed by atoms with Gasteiger partial charge in [-0.1, -0.05) is 20.8 Å². The smallest absolute Gasteiger partial charge is 0.160 e. The van der Waals surface area contributed by atoms with Crippen LogP contribution in [0.5, 0.6) is 0 Å². The molecule has 3 unspecified atom stereocenters. The minimum absolute atomic E-state index is 0.0135. The number of hydrogen-bond donors (Lipinski definition) is 0. The maximum absolute atomic E-state index is 5.86. The molecule has 2 nitrogen and oxygen atoms in total. The first-order chi connectivity index (χ1) is 7.97. The molecule has 0 aromatic rings. The van der Waals surface area contributed by atoms with Gasteiger partial charge in [0.05, 0.1) is 0 Å². The highest BCUT2D eigenvalue weighted by molar-refractivity contribution is 5.10. The second kappa shape index (κ2) is 4.55. The lowest BCUT2D eigenvalue weighted by molar-refractivity contribution is -0.192. The fraction of sp³-hybridized carbons (Fsp3) is 1.00. The van der Waals surface area contributed by atoms with Crippen molar-refractivity contribution in [1.82, 2.24) is 0 Å². The Morgan fingerprint density at radius 2 is 1.71 bits per heavy atom. The van der Waals surface area contributed by atoms with Crippen LogP contribution in [0.15, 0.2) is 0 Å². The predicted octanol–water partition coefficient (Wildman–Crippen LogP) is 3.85. The minimum atomic E-state index is 0.0135. The monoisotopic (exact) mass is 240 g/mol. The Balaban J connectivity index is 2.17. The zero-order valence-electron chi connectivity index (χ0n) is 12.1. The van der Waals surface area contributed by atoms with Gasteiger partial charge >= 0.3 is 0 Å². The first kappa shape index (κ1) is 13.4. The Hall–Kier alpha value is -0.0800. The van der Waals surface area contributed by atoms with Crippen LogP contribution in [-0.2, 0) is 9.47 Å². The maximum atomic E-state index is 5.86. The van der Waals surface area contributed by atoms with Crippen molar-refractivity contribution >= 4 is 0 Å². The standard InChI is InChI=1S/C15H28O2/c1-6-16-13(17-7-2)12-10-11-8-9-15(12,5)14(11,3)4/h11-13H,6-10H2,1-5H3. The van der Waals surface area contributed by atoms with E-state index >= 15 is 0 Å². The second-order valence-corrected chi connectivity index (χ2v) is 6.50. The summed E-state index contributed by atoms with van der Waals surface area (Å²) in [6.45, 7) is 13.0. The molecule has 100 valence electrons. The molecular weight excluding hydrogens is 212 g/mol. The Bertz CT molecular complexity index is 268. The molecule has 0 saturated heterocycles. The Labute approximate surface area is 106 Å². The predicted molar refractivity (Wildman–Crippen MR) is 69.8 cm³/mol. The summed E-state index contributed by atoms with van der Waals surface area (Å²) in [6.07, 6.45) is 4.03. The van der Waals surface area contributed by atoms with Gasteiger partial charge in [-0.15, -0.1) is 0 Å². The van der Waals surface area contributed by atoms with Crippen molar-refractivity contribution in [1.29, 1.82) is 0 Å². The van der Waals surface area contributed by atoms with Crippen LogP contribution in [0.2, 0.25) is 0 Å². The molecular formula is C15H28O2. The maximum Gasteiger partial charge on any atom is 0.160 e. The van der Waals surface area contributed by atoms with Crippen molar-refractivity contribution < 1.29 is 9.47 Å². The van der Waals surface area contributed by atoms with E-state index < -0.39 is 0 Å². The molecule has 0 radical (unpaired) electrons. The van der Waals surface area contributed by atoms with Crippen molar-refractivity contribution in [2.45, 2.75) is 60.2 Å². The van der Waals surface area contributed by atoms with Crippen LogP contribution in [0.3, 0.4) is 0 Å². The largest absolute Gasteiger partial charge is 0.353 e. The average Bonchev–Trinajstić information content (AvgIpc) is 2.60. The molecule has 2 bridgehead atoms. The summed E-state index contributed by atoms with van der Waals surface area (Å²) < 4.78 is 11.7. The highest BCUT2D eigenvalue weighted by Gasteiger charge is 2.63. The normalized spacial score (nSPS) is 39.2. The minimum Gasteiger partial charge on any atom is -0.353 e. The van der Waals surface area contributed by atoms with E-state index in [2.05, 4.69) is 34.6 Å². The van der Waals surface area contributed by atoms with Crippen molar-refractivity contribution in [3.8, 4) is 0 Å². The Kier molecular flexibility index (Phi) is 3.57. The van der Waals surface area contributed by atoms with Crippen LogP contribution in [0.25, 0.3) is 0 Å². The highest BCUT2D eigenvalue weighted by Crippen LogP contribution is 2.69. The van der Waals surface area contributed by atoms with E-state index in [4.69, 9.17) is 9.47 Å². The van der Waals surface area contributed by atoms with E-state index in [0.717, 1.165) is 19.1 Å². The molecule has 0 N–H and O–H groups in total. The Morgan fingerprint density at radius 1 is 1.12 bits per heavy atom. The van der Waals surface area contributed by atoms with Gasteiger partial charge in [-0.25, -0.2) is 0 Å². The third-order valence-corrected chi connectivity index (χ3v) is 5.85. The zero-order chi connectivity index (χ0) is 12.7. The summed E-state index contributed by atoms with van der Waals surface area (Å²) in [4.78, 5) is 0. The summed E-state index contributed by atoms with van der Waals surface area (Å²) in [5.41, 5.74) is 0.844. The molecule has 0 aromatic carbocycles. The SMILES string of the molecule is CCOC(OCC)C1CC2CCC1(C)C2(C)C. The van der Waals surface area contributed by atoms with Crippen LogP contribution in [-0.4, -0.2) is 19.5 Å². The first-order valence-electron chi connectivity index (χ1n) is 7.20. The van der Waals surface area contributed by atoms with Gasteiger partial charge < -0.3 is 9.47 Å². The number of rotatable bonds is 5. The van der Waals surface area contributed by atoms with Crippen molar-refractivity contribution in [3.05, 3.63) is 0 Å². The van der Waals surface area contributed by atoms with Gasteiger partial charge in [0.15, 0.2) is 6.29 Å². The molecule has 2 fully saturated rings. The third-order valence-electron chi connectivity index (χ3n) is 5.85. The molecule has 2 aliphatic carbocycles. The molecule has 0 heterocycles. The molecule has 2 aliphatic rings. The fourth-order valence-electron chi connectivity index (χ4n) is 4.29. The van der Waals surface area contributed by atoms with Gasteiger partial charge in [0.2, 0.25) is 0 Å².